The molecule has 1 aliphatic rings. The van der Waals surface area contributed by atoms with Gasteiger partial charge in [0.15, 0.2) is 0 Å². The quantitative estimate of drug-likeness (QED) is 0.726. The largest absolute Gasteiger partial charge is 0.450 e. The number of carbonyl (C=O) groups is 3. The van der Waals surface area contributed by atoms with Crippen LogP contribution in [0.2, 0.25) is 0 Å². The molecule has 0 aliphatic carbocycles. The molecule has 0 aromatic heterocycles. The number of benzene rings is 1. The van der Waals surface area contributed by atoms with Gasteiger partial charge in [-0.2, -0.15) is 0 Å². The van der Waals surface area contributed by atoms with E-state index in [1.165, 1.54) is 19.9 Å². The second-order valence-electron chi connectivity index (χ2n) is 7.33. The Kier molecular flexibility index (Phi) is 7.37. The predicted molar refractivity (Wildman–Crippen MR) is 102 cm³/mol. The van der Waals surface area contributed by atoms with Gasteiger partial charge in [-0.1, -0.05) is 18.2 Å². The summed E-state index contributed by atoms with van der Waals surface area (Å²) in [5.41, 5.74) is -0.942. The summed E-state index contributed by atoms with van der Waals surface area (Å²) >= 11 is 0. The molecule has 28 heavy (non-hydrogen) atoms. The van der Waals surface area contributed by atoms with E-state index in [-0.39, 0.29) is 18.7 Å². The normalized spacial score (nSPS) is 15.1. The fraction of sp³-hybridized carbons (Fsp3) is 0.550. The van der Waals surface area contributed by atoms with Gasteiger partial charge in [-0.25, -0.2) is 9.18 Å². The first-order valence-corrected chi connectivity index (χ1v) is 9.50. The van der Waals surface area contributed by atoms with E-state index in [1.807, 2.05) is 0 Å². The highest BCUT2D eigenvalue weighted by atomic mass is 19.1. The standard InChI is InChI=1S/C20H28FN3O4/c1-4-28-19(27)24-11-9-15(10-12-24)23-18(26)20(2,3)17(25)22-13-14-7-5-6-8-16(14)21/h5-8,15H,4,9-13H2,1-3H3,(H,22,25)(H,23,26). The zero-order chi connectivity index (χ0) is 20.7. The second-order valence-corrected chi connectivity index (χ2v) is 7.33. The molecule has 2 N–H and O–H groups in total. The Morgan fingerprint density at radius 1 is 1.18 bits per heavy atom. The molecule has 0 unspecified atom stereocenters. The Labute approximate surface area is 164 Å². The summed E-state index contributed by atoms with van der Waals surface area (Å²) in [5, 5.41) is 5.51. The molecule has 0 bridgehead atoms. The van der Waals surface area contributed by atoms with Crippen LogP contribution < -0.4 is 10.6 Å². The summed E-state index contributed by atoms with van der Waals surface area (Å²) in [6, 6.07) is 6.05. The molecule has 1 fully saturated rings. The molecule has 8 heteroatoms. The van der Waals surface area contributed by atoms with Gasteiger partial charge in [0.1, 0.15) is 11.2 Å². The van der Waals surface area contributed by atoms with E-state index >= 15 is 0 Å². The molecule has 0 spiro atoms. The van der Waals surface area contributed by atoms with E-state index in [9.17, 15) is 18.8 Å². The Morgan fingerprint density at radius 3 is 2.43 bits per heavy atom. The maximum atomic E-state index is 13.7. The molecule has 7 nitrogen and oxygen atoms in total. The minimum atomic E-state index is -1.30. The zero-order valence-corrected chi connectivity index (χ0v) is 16.6. The Balaban J connectivity index is 1.84. The maximum Gasteiger partial charge on any atom is 0.409 e. The average Bonchev–Trinajstić information content (AvgIpc) is 2.67. The van der Waals surface area contributed by atoms with Crippen LogP contribution in [-0.2, 0) is 20.9 Å². The molecular formula is C20H28FN3O4. The third-order valence-corrected chi connectivity index (χ3v) is 4.89. The van der Waals surface area contributed by atoms with Gasteiger partial charge < -0.3 is 20.3 Å². The Hall–Kier alpha value is -2.64. The summed E-state index contributed by atoms with van der Waals surface area (Å²) in [7, 11) is 0. The topological polar surface area (TPSA) is 87.7 Å². The molecule has 1 heterocycles. The number of nitrogens with zero attached hydrogens (tertiary/aromatic N) is 1. The number of rotatable bonds is 6. The van der Waals surface area contributed by atoms with Crippen LogP contribution in [0.4, 0.5) is 9.18 Å². The van der Waals surface area contributed by atoms with Crippen LogP contribution in [0.25, 0.3) is 0 Å². The summed E-state index contributed by atoms with van der Waals surface area (Å²) in [6.45, 7) is 6.14. The highest BCUT2D eigenvalue weighted by Gasteiger charge is 2.37. The number of halogens is 1. The van der Waals surface area contributed by atoms with Crippen molar-refractivity contribution in [3.05, 3.63) is 35.6 Å². The van der Waals surface area contributed by atoms with E-state index < -0.39 is 23.0 Å². The fourth-order valence-electron chi connectivity index (χ4n) is 2.93. The number of nitrogens with one attached hydrogen (secondary N) is 2. The molecule has 1 aromatic carbocycles. The SMILES string of the molecule is CCOC(=O)N1CCC(NC(=O)C(C)(C)C(=O)NCc2ccccc2F)CC1. The van der Waals surface area contributed by atoms with Crippen LogP contribution >= 0.6 is 0 Å². The van der Waals surface area contributed by atoms with Gasteiger partial charge >= 0.3 is 6.09 Å². The molecule has 0 atom stereocenters. The molecule has 154 valence electrons. The smallest absolute Gasteiger partial charge is 0.409 e. The lowest BCUT2D eigenvalue weighted by molar-refractivity contribution is -0.142. The van der Waals surface area contributed by atoms with E-state index in [4.69, 9.17) is 4.74 Å². The number of likely N-dealkylation sites (tertiary alicyclic amines) is 1. The van der Waals surface area contributed by atoms with Crippen molar-refractivity contribution in [2.24, 2.45) is 5.41 Å². The lowest BCUT2D eigenvalue weighted by Gasteiger charge is -2.33. The summed E-state index contributed by atoms with van der Waals surface area (Å²) < 4.78 is 18.6. The van der Waals surface area contributed by atoms with Crippen LogP contribution in [-0.4, -0.2) is 48.5 Å². The number of hydrogen-bond donors (Lipinski definition) is 2. The molecule has 1 aromatic rings. The minimum Gasteiger partial charge on any atom is -0.450 e. The highest BCUT2D eigenvalue weighted by Crippen LogP contribution is 2.19. The number of carbonyl (C=O) groups excluding carboxylic acids is 3. The summed E-state index contributed by atoms with van der Waals surface area (Å²) in [4.78, 5) is 38.4. The predicted octanol–water partition coefficient (Wildman–Crippen LogP) is 2.21. The molecule has 0 radical (unpaired) electrons. The van der Waals surface area contributed by atoms with E-state index in [2.05, 4.69) is 10.6 Å². The van der Waals surface area contributed by atoms with Crippen molar-refractivity contribution in [2.45, 2.75) is 46.2 Å². The monoisotopic (exact) mass is 393 g/mol. The lowest BCUT2D eigenvalue weighted by atomic mass is 9.90. The van der Waals surface area contributed by atoms with E-state index in [1.54, 1.807) is 30.0 Å². The molecule has 1 aliphatic heterocycles. The van der Waals surface area contributed by atoms with Gasteiger partial charge in [-0.15, -0.1) is 0 Å². The number of piperidine rings is 1. The van der Waals surface area contributed by atoms with Gasteiger partial charge in [0, 0.05) is 31.2 Å². The van der Waals surface area contributed by atoms with Crippen molar-refractivity contribution in [3.8, 4) is 0 Å². The number of amides is 3. The van der Waals surface area contributed by atoms with Gasteiger partial charge in [-0.05, 0) is 39.7 Å². The third-order valence-electron chi connectivity index (χ3n) is 4.89. The average molecular weight is 393 g/mol. The van der Waals surface area contributed by atoms with Crippen LogP contribution in [0.1, 0.15) is 39.2 Å². The van der Waals surface area contributed by atoms with Crippen molar-refractivity contribution < 1.29 is 23.5 Å². The third kappa shape index (κ3) is 5.43. The van der Waals surface area contributed by atoms with Crippen molar-refractivity contribution in [3.63, 3.8) is 0 Å². The van der Waals surface area contributed by atoms with Crippen LogP contribution in [0.5, 0.6) is 0 Å². The first kappa shape index (κ1) is 21.7. The van der Waals surface area contributed by atoms with E-state index in [0.29, 0.717) is 38.1 Å². The van der Waals surface area contributed by atoms with Crippen LogP contribution in [0, 0.1) is 11.2 Å². The van der Waals surface area contributed by atoms with Crippen molar-refractivity contribution >= 4 is 17.9 Å². The van der Waals surface area contributed by atoms with Crippen molar-refractivity contribution in [1.82, 2.24) is 15.5 Å². The summed E-state index contributed by atoms with van der Waals surface area (Å²) in [5.74, 6) is -1.27. The molecule has 0 saturated carbocycles. The zero-order valence-electron chi connectivity index (χ0n) is 16.6. The number of hydrogen-bond acceptors (Lipinski definition) is 4. The maximum absolute atomic E-state index is 13.7. The summed E-state index contributed by atoms with van der Waals surface area (Å²) in [6.07, 6.45) is 0.842. The Morgan fingerprint density at radius 2 is 1.82 bits per heavy atom. The molecule has 3 amide bonds. The van der Waals surface area contributed by atoms with Gasteiger partial charge in [0.25, 0.3) is 0 Å². The van der Waals surface area contributed by atoms with E-state index in [0.717, 1.165) is 0 Å². The molecule has 2 rings (SSSR count). The van der Waals surface area contributed by atoms with Crippen molar-refractivity contribution in [2.75, 3.05) is 19.7 Å². The van der Waals surface area contributed by atoms with Gasteiger partial charge in [0.05, 0.1) is 6.61 Å². The molecular weight excluding hydrogens is 365 g/mol. The van der Waals surface area contributed by atoms with Crippen molar-refractivity contribution in [1.29, 1.82) is 0 Å². The van der Waals surface area contributed by atoms with Crippen LogP contribution in [0.15, 0.2) is 24.3 Å². The lowest BCUT2D eigenvalue weighted by Crippen LogP contribution is -2.53. The number of ether oxygens (including phenoxy) is 1. The first-order chi connectivity index (χ1) is 13.3. The fourth-order valence-corrected chi connectivity index (χ4v) is 2.93. The highest BCUT2D eigenvalue weighted by molar-refractivity contribution is 6.04. The molecule has 1 saturated heterocycles. The first-order valence-electron chi connectivity index (χ1n) is 9.50. The van der Waals surface area contributed by atoms with Crippen LogP contribution in [0.3, 0.4) is 0 Å². The minimum absolute atomic E-state index is 0.0140. The van der Waals surface area contributed by atoms with Gasteiger partial charge in [-0.3, -0.25) is 9.59 Å². The Bertz CT molecular complexity index is 715. The second kappa shape index (κ2) is 9.52. The van der Waals surface area contributed by atoms with Gasteiger partial charge in [0.2, 0.25) is 11.8 Å².